The molecule has 0 spiro atoms. The van der Waals surface area contributed by atoms with Crippen LogP contribution in [0.4, 0.5) is 5.69 Å². The van der Waals surface area contributed by atoms with Gasteiger partial charge >= 0.3 is 0 Å². The molecule has 1 heterocycles. The van der Waals surface area contributed by atoms with Gasteiger partial charge in [0.05, 0.1) is 5.75 Å². The fraction of sp³-hybridized carbons (Fsp3) is 0.118. The van der Waals surface area contributed by atoms with Gasteiger partial charge in [0.1, 0.15) is 6.33 Å². The summed E-state index contributed by atoms with van der Waals surface area (Å²) in [6.45, 7) is 0. The second kappa shape index (κ2) is 8.42. The molecule has 0 fully saturated rings. The minimum atomic E-state index is -0.0475. The van der Waals surface area contributed by atoms with Crippen molar-refractivity contribution in [2.24, 2.45) is 7.05 Å². The van der Waals surface area contributed by atoms with Crippen LogP contribution in [0.15, 0.2) is 69.8 Å². The van der Waals surface area contributed by atoms with Crippen molar-refractivity contribution in [1.82, 2.24) is 14.8 Å². The van der Waals surface area contributed by atoms with E-state index in [1.807, 2.05) is 60.1 Å². The van der Waals surface area contributed by atoms with Crippen LogP contribution in [0.1, 0.15) is 0 Å². The van der Waals surface area contributed by atoms with Gasteiger partial charge in [-0.2, -0.15) is 0 Å². The molecule has 2 aromatic carbocycles. The van der Waals surface area contributed by atoms with Crippen LogP contribution in [0.3, 0.4) is 0 Å². The van der Waals surface area contributed by atoms with E-state index in [1.54, 1.807) is 6.33 Å². The standard InChI is InChI=1S/C17H15ClN4OS2/c1-22-11-19-21-17(22)25-15-8-4-13(5-9-15)20-16(23)10-24-14-6-2-12(18)3-7-14/h2-9,11H,10H2,1H3,(H,20,23). The molecular weight excluding hydrogens is 376 g/mol. The summed E-state index contributed by atoms with van der Waals surface area (Å²) in [5, 5.41) is 12.3. The van der Waals surface area contributed by atoms with E-state index in [0.29, 0.717) is 10.8 Å². The van der Waals surface area contributed by atoms with Crippen LogP contribution in [-0.4, -0.2) is 26.4 Å². The second-order valence-corrected chi connectivity index (χ2v) is 7.67. The highest BCUT2D eigenvalue weighted by atomic mass is 35.5. The molecule has 0 bridgehead atoms. The highest BCUT2D eigenvalue weighted by Gasteiger charge is 2.06. The molecule has 8 heteroatoms. The van der Waals surface area contributed by atoms with Gasteiger partial charge in [-0.05, 0) is 60.3 Å². The molecule has 1 aromatic heterocycles. The summed E-state index contributed by atoms with van der Waals surface area (Å²) in [6, 6.07) is 15.1. The summed E-state index contributed by atoms with van der Waals surface area (Å²) in [6.07, 6.45) is 1.66. The van der Waals surface area contributed by atoms with Gasteiger partial charge in [0.25, 0.3) is 0 Å². The molecule has 0 saturated carbocycles. The fourth-order valence-electron chi connectivity index (χ4n) is 1.95. The molecule has 0 atom stereocenters. The van der Waals surface area contributed by atoms with Crippen LogP contribution in [0.5, 0.6) is 0 Å². The Morgan fingerprint density at radius 3 is 2.44 bits per heavy atom. The van der Waals surface area contributed by atoms with Gasteiger partial charge in [-0.3, -0.25) is 4.79 Å². The molecule has 1 N–H and O–H groups in total. The first kappa shape index (κ1) is 17.8. The first-order chi connectivity index (χ1) is 12.1. The predicted molar refractivity (Wildman–Crippen MR) is 102 cm³/mol. The Labute approximate surface area is 159 Å². The van der Waals surface area contributed by atoms with Crippen molar-refractivity contribution >= 4 is 46.7 Å². The third-order valence-electron chi connectivity index (χ3n) is 3.20. The van der Waals surface area contributed by atoms with E-state index in [-0.39, 0.29) is 5.91 Å². The summed E-state index contributed by atoms with van der Waals surface area (Å²) in [4.78, 5) is 14.1. The first-order valence-electron chi connectivity index (χ1n) is 7.40. The number of aryl methyl sites for hydroxylation is 1. The Morgan fingerprint density at radius 2 is 1.80 bits per heavy atom. The third-order valence-corrected chi connectivity index (χ3v) is 5.52. The third kappa shape index (κ3) is 5.26. The zero-order chi connectivity index (χ0) is 17.6. The van der Waals surface area contributed by atoms with E-state index in [4.69, 9.17) is 11.6 Å². The SMILES string of the molecule is Cn1cnnc1Sc1ccc(NC(=O)CSc2ccc(Cl)cc2)cc1. The van der Waals surface area contributed by atoms with Crippen LogP contribution in [0, 0.1) is 0 Å². The van der Waals surface area contributed by atoms with Gasteiger partial charge in [0.15, 0.2) is 5.16 Å². The summed E-state index contributed by atoms with van der Waals surface area (Å²) < 4.78 is 1.86. The molecule has 1 amide bonds. The average molecular weight is 391 g/mol. The van der Waals surface area contributed by atoms with Gasteiger partial charge < -0.3 is 9.88 Å². The number of hydrogen-bond donors (Lipinski definition) is 1. The van der Waals surface area contributed by atoms with Gasteiger partial charge in [-0.15, -0.1) is 22.0 Å². The monoisotopic (exact) mass is 390 g/mol. The number of rotatable bonds is 6. The summed E-state index contributed by atoms with van der Waals surface area (Å²) in [5.74, 6) is 0.297. The maximum absolute atomic E-state index is 12.1. The van der Waals surface area contributed by atoms with E-state index in [2.05, 4.69) is 15.5 Å². The van der Waals surface area contributed by atoms with Gasteiger partial charge in [-0.25, -0.2) is 0 Å². The summed E-state index contributed by atoms with van der Waals surface area (Å²) >= 11 is 8.84. The quantitative estimate of drug-likeness (QED) is 0.634. The minimum absolute atomic E-state index is 0.0475. The molecule has 0 saturated heterocycles. The van der Waals surface area contributed by atoms with Crippen molar-refractivity contribution < 1.29 is 4.79 Å². The van der Waals surface area contributed by atoms with Crippen LogP contribution in [0.2, 0.25) is 5.02 Å². The number of thioether (sulfide) groups is 1. The molecule has 0 aliphatic rings. The number of hydrogen-bond acceptors (Lipinski definition) is 5. The second-order valence-electron chi connectivity index (χ2n) is 5.14. The number of carbonyl (C=O) groups excluding carboxylic acids is 1. The summed E-state index contributed by atoms with van der Waals surface area (Å²) in [7, 11) is 1.90. The van der Waals surface area contributed by atoms with Crippen molar-refractivity contribution in [1.29, 1.82) is 0 Å². The lowest BCUT2D eigenvalue weighted by atomic mass is 10.3. The van der Waals surface area contributed by atoms with Crippen molar-refractivity contribution in [2.45, 2.75) is 14.9 Å². The van der Waals surface area contributed by atoms with E-state index in [9.17, 15) is 4.79 Å². The van der Waals surface area contributed by atoms with E-state index < -0.39 is 0 Å². The van der Waals surface area contributed by atoms with E-state index >= 15 is 0 Å². The van der Waals surface area contributed by atoms with Crippen molar-refractivity contribution in [2.75, 3.05) is 11.1 Å². The Morgan fingerprint density at radius 1 is 1.12 bits per heavy atom. The lowest BCUT2D eigenvalue weighted by Crippen LogP contribution is -2.13. The van der Waals surface area contributed by atoms with Crippen molar-refractivity contribution in [3.8, 4) is 0 Å². The molecule has 5 nitrogen and oxygen atoms in total. The first-order valence-corrected chi connectivity index (χ1v) is 9.58. The van der Waals surface area contributed by atoms with Gasteiger partial charge in [-0.1, -0.05) is 11.6 Å². The fourth-order valence-corrected chi connectivity index (χ4v) is 3.54. The normalized spacial score (nSPS) is 10.6. The number of amides is 1. The van der Waals surface area contributed by atoms with Gasteiger partial charge in [0.2, 0.25) is 5.91 Å². The largest absolute Gasteiger partial charge is 0.325 e. The lowest BCUT2D eigenvalue weighted by Gasteiger charge is -2.06. The number of carbonyl (C=O) groups is 1. The summed E-state index contributed by atoms with van der Waals surface area (Å²) in [5.41, 5.74) is 0.768. The number of benzene rings is 2. The molecule has 0 aliphatic carbocycles. The van der Waals surface area contributed by atoms with Crippen LogP contribution in [0.25, 0.3) is 0 Å². The average Bonchev–Trinajstić information content (AvgIpc) is 3.01. The number of aromatic nitrogens is 3. The maximum Gasteiger partial charge on any atom is 0.234 e. The maximum atomic E-state index is 12.1. The van der Waals surface area contributed by atoms with Crippen LogP contribution in [-0.2, 0) is 11.8 Å². The number of halogens is 1. The molecule has 3 rings (SSSR count). The Bertz CT molecular complexity index is 850. The van der Waals surface area contributed by atoms with Crippen molar-refractivity contribution in [3.05, 3.63) is 59.9 Å². The number of nitrogens with one attached hydrogen (secondary N) is 1. The molecule has 3 aromatic rings. The topological polar surface area (TPSA) is 59.8 Å². The minimum Gasteiger partial charge on any atom is -0.325 e. The zero-order valence-corrected chi connectivity index (χ0v) is 15.7. The Hall–Kier alpha value is -1.96. The number of nitrogens with zero attached hydrogens (tertiary/aromatic N) is 3. The Balaban J connectivity index is 1.51. The number of anilines is 1. The molecule has 25 heavy (non-hydrogen) atoms. The molecule has 0 radical (unpaired) electrons. The highest BCUT2D eigenvalue weighted by molar-refractivity contribution is 8.00. The highest BCUT2D eigenvalue weighted by Crippen LogP contribution is 2.26. The lowest BCUT2D eigenvalue weighted by molar-refractivity contribution is -0.113. The molecule has 128 valence electrons. The van der Waals surface area contributed by atoms with Crippen molar-refractivity contribution in [3.63, 3.8) is 0 Å². The molecule has 0 aliphatic heterocycles. The smallest absolute Gasteiger partial charge is 0.234 e. The van der Waals surface area contributed by atoms with Gasteiger partial charge in [0, 0.05) is 27.5 Å². The molecular formula is C17H15ClN4OS2. The van der Waals surface area contributed by atoms with E-state index in [0.717, 1.165) is 20.6 Å². The zero-order valence-electron chi connectivity index (χ0n) is 13.3. The van der Waals surface area contributed by atoms with Crippen LogP contribution >= 0.6 is 35.1 Å². The molecule has 0 unspecified atom stereocenters. The van der Waals surface area contributed by atoms with E-state index in [1.165, 1.54) is 23.5 Å². The Kier molecular flexibility index (Phi) is 6.01. The predicted octanol–water partition coefficient (Wildman–Crippen LogP) is 4.35. The van der Waals surface area contributed by atoms with Crippen LogP contribution < -0.4 is 5.32 Å².